The minimum absolute atomic E-state index is 0.00157. The molecule has 0 aromatic heterocycles. The molecule has 0 heterocycles. The van der Waals surface area contributed by atoms with E-state index in [1.807, 2.05) is 6.08 Å². The summed E-state index contributed by atoms with van der Waals surface area (Å²) in [5, 5.41) is 23.2. The van der Waals surface area contributed by atoms with Crippen molar-refractivity contribution in [3.8, 4) is 0 Å². The van der Waals surface area contributed by atoms with E-state index in [1.165, 1.54) is 283 Å². The molecular formula is C65H127NO5. The molecule has 6 heteroatoms. The van der Waals surface area contributed by atoms with Gasteiger partial charge in [-0.25, -0.2) is 0 Å². The van der Waals surface area contributed by atoms with Crippen molar-refractivity contribution in [3.63, 3.8) is 0 Å². The number of ether oxygens (including phenoxy) is 1. The minimum Gasteiger partial charge on any atom is -0.466 e. The van der Waals surface area contributed by atoms with Crippen molar-refractivity contribution in [2.24, 2.45) is 0 Å². The lowest BCUT2D eigenvalue weighted by Crippen LogP contribution is -2.45. The zero-order valence-electron chi connectivity index (χ0n) is 48.2. The fourth-order valence-corrected chi connectivity index (χ4v) is 10.3. The van der Waals surface area contributed by atoms with Gasteiger partial charge < -0.3 is 20.3 Å². The number of aliphatic hydroxyl groups is 2. The molecule has 0 aliphatic carbocycles. The molecule has 2 unspecified atom stereocenters. The molecule has 0 bridgehead atoms. The van der Waals surface area contributed by atoms with Crippen molar-refractivity contribution in [1.29, 1.82) is 0 Å². The normalized spacial score (nSPS) is 12.6. The fourth-order valence-electron chi connectivity index (χ4n) is 10.3. The number of carbonyl (C=O) groups excluding carboxylic acids is 2. The molecule has 0 fully saturated rings. The Bertz CT molecular complexity index is 1060. The summed E-state index contributed by atoms with van der Waals surface area (Å²) in [4.78, 5) is 24.6. The second-order valence-electron chi connectivity index (χ2n) is 22.5. The van der Waals surface area contributed by atoms with Crippen LogP contribution >= 0.6 is 0 Å². The van der Waals surface area contributed by atoms with Gasteiger partial charge in [-0.05, 0) is 32.1 Å². The summed E-state index contributed by atoms with van der Waals surface area (Å²) in [5.74, 6) is -0.0775. The molecule has 2 atom stereocenters. The van der Waals surface area contributed by atoms with Crippen LogP contribution in [-0.2, 0) is 14.3 Å². The van der Waals surface area contributed by atoms with Gasteiger partial charge in [0.15, 0.2) is 0 Å². The number of esters is 1. The number of nitrogens with one attached hydrogen (secondary N) is 1. The monoisotopic (exact) mass is 1000 g/mol. The van der Waals surface area contributed by atoms with Crippen molar-refractivity contribution in [2.45, 2.75) is 379 Å². The summed E-state index contributed by atoms with van der Waals surface area (Å²) in [5.41, 5.74) is 0. The number of hydrogen-bond acceptors (Lipinski definition) is 5. The van der Waals surface area contributed by atoms with Crippen molar-refractivity contribution in [2.75, 3.05) is 13.2 Å². The van der Waals surface area contributed by atoms with Crippen LogP contribution in [0.5, 0.6) is 0 Å². The van der Waals surface area contributed by atoms with E-state index in [-0.39, 0.29) is 18.5 Å². The van der Waals surface area contributed by atoms with Crippen LogP contribution in [0.3, 0.4) is 0 Å². The van der Waals surface area contributed by atoms with Crippen molar-refractivity contribution in [3.05, 3.63) is 12.2 Å². The molecule has 1 amide bonds. The number of rotatable bonds is 61. The third-order valence-corrected chi connectivity index (χ3v) is 15.3. The van der Waals surface area contributed by atoms with Gasteiger partial charge in [-0.2, -0.15) is 0 Å². The Hall–Kier alpha value is -1.40. The Labute approximate surface area is 444 Å². The van der Waals surface area contributed by atoms with Gasteiger partial charge in [0.1, 0.15) is 0 Å². The molecular weight excluding hydrogens is 875 g/mol. The predicted molar refractivity (Wildman–Crippen MR) is 310 cm³/mol. The SMILES string of the molecule is CCCCCCCCCCCCCCCCCCCCCCCC/C=C/C(O)C(CO)NC(=O)CCCCCCCCCCCCCCCOC(=O)CCCCCCCCCCCCCCCCCCC. The van der Waals surface area contributed by atoms with Crippen LogP contribution in [0.1, 0.15) is 367 Å². The smallest absolute Gasteiger partial charge is 0.305 e. The number of allylic oxidation sites excluding steroid dienone is 1. The summed E-state index contributed by atoms with van der Waals surface area (Å²) in [6.45, 7) is 4.92. The highest BCUT2D eigenvalue weighted by Crippen LogP contribution is 2.18. The van der Waals surface area contributed by atoms with Crippen LogP contribution in [0, 0.1) is 0 Å². The summed E-state index contributed by atoms with van der Waals surface area (Å²) in [6, 6.07) is -0.638. The summed E-state index contributed by atoms with van der Waals surface area (Å²) in [7, 11) is 0. The van der Waals surface area contributed by atoms with E-state index in [1.54, 1.807) is 6.08 Å². The Kier molecular flexibility index (Phi) is 59.9. The topological polar surface area (TPSA) is 95.9 Å². The third-order valence-electron chi connectivity index (χ3n) is 15.3. The van der Waals surface area contributed by atoms with Crippen LogP contribution < -0.4 is 5.32 Å². The first-order valence-corrected chi connectivity index (χ1v) is 32.5. The van der Waals surface area contributed by atoms with Gasteiger partial charge in [-0.15, -0.1) is 0 Å². The maximum Gasteiger partial charge on any atom is 0.305 e. The van der Waals surface area contributed by atoms with Gasteiger partial charge >= 0.3 is 5.97 Å². The molecule has 0 aliphatic rings. The van der Waals surface area contributed by atoms with Gasteiger partial charge in [-0.3, -0.25) is 9.59 Å². The van der Waals surface area contributed by atoms with Gasteiger partial charge in [0, 0.05) is 12.8 Å². The summed E-state index contributed by atoms with van der Waals surface area (Å²) in [6.07, 6.45) is 74.0. The number of hydrogen-bond donors (Lipinski definition) is 3. The van der Waals surface area contributed by atoms with Crippen LogP contribution in [-0.4, -0.2) is 47.4 Å². The molecule has 0 aromatic carbocycles. The lowest BCUT2D eigenvalue weighted by Gasteiger charge is -2.20. The van der Waals surface area contributed by atoms with Crippen LogP contribution in [0.4, 0.5) is 0 Å². The van der Waals surface area contributed by atoms with E-state index in [2.05, 4.69) is 19.2 Å². The van der Waals surface area contributed by atoms with E-state index in [0.29, 0.717) is 19.4 Å². The van der Waals surface area contributed by atoms with Crippen LogP contribution in [0.25, 0.3) is 0 Å². The minimum atomic E-state index is -0.853. The standard InChI is InChI=1S/C65H127NO5/c1-3-5-7-9-11-13-15-17-19-21-22-23-24-25-26-27-29-30-33-37-41-45-49-53-57-63(68)62(61-67)66-64(69)58-54-50-46-42-38-34-32-36-40-44-48-52-56-60-71-65(70)59-55-51-47-43-39-35-31-28-20-18-16-14-12-10-8-6-4-2/h53,57,62-63,67-68H,3-52,54-56,58-61H2,1-2H3,(H,66,69)/b57-53+. The van der Waals surface area contributed by atoms with E-state index in [0.717, 1.165) is 57.8 Å². The zero-order chi connectivity index (χ0) is 51.4. The summed E-state index contributed by atoms with van der Waals surface area (Å²) < 4.78 is 5.49. The fraction of sp³-hybridized carbons (Fsp3) is 0.938. The molecule has 0 saturated carbocycles. The quantitative estimate of drug-likeness (QED) is 0.0320. The van der Waals surface area contributed by atoms with Gasteiger partial charge in [0.2, 0.25) is 5.91 Å². The average molecular weight is 1000 g/mol. The van der Waals surface area contributed by atoms with E-state index < -0.39 is 12.1 Å². The number of carbonyl (C=O) groups is 2. The first-order valence-electron chi connectivity index (χ1n) is 32.5. The number of amides is 1. The molecule has 0 aliphatic heterocycles. The maximum atomic E-state index is 12.5. The van der Waals surface area contributed by atoms with Gasteiger partial charge in [0.05, 0.1) is 25.4 Å². The average Bonchev–Trinajstić information content (AvgIpc) is 3.37. The molecule has 71 heavy (non-hydrogen) atoms. The highest BCUT2D eigenvalue weighted by molar-refractivity contribution is 5.76. The second kappa shape index (κ2) is 61.1. The molecule has 0 spiro atoms. The van der Waals surface area contributed by atoms with Crippen LogP contribution in [0.15, 0.2) is 12.2 Å². The van der Waals surface area contributed by atoms with Crippen molar-refractivity contribution in [1.82, 2.24) is 5.32 Å². The molecule has 6 nitrogen and oxygen atoms in total. The third kappa shape index (κ3) is 57.7. The molecule has 422 valence electrons. The molecule has 3 N–H and O–H groups in total. The van der Waals surface area contributed by atoms with Crippen LogP contribution in [0.2, 0.25) is 0 Å². The number of aliphatic hydroxyl groups excluding tert-OH is 2. The molecule has 0 rings (SSSR count). The highest BCUT2D eigenvalue weighted by atomic mass is 16.5. The van der Waals surface area contributed by atoms with E-state index in [4.69, 9.17) is 4.74 Å². The Morgan fingerprint density at radius 3 is 0.958 bits per heavy atom. The van der Waals surface area contributed by atoms with Crippen molar-refractivity contribution < 1.29 is 24.5 Å². The maximum absolute atomic E-state index is 12.5. The van der Waals surface area contributed by atoms with E-state index in [9.17, 15) is 19.8 Å². The first-order chi connectivity index (χ1) is 35.0. The molecule has 0 radical (unpaired) electrons. The molecule has 0 saturated heterocycles. The summed E-state index contributed by atoms with van der Waals surface area (Å²) >= 11 is 0. The number of unbranched alkanes of at least 4 members (excludes halogenated alkanes) is 50. The molecule has 0 aromatic rings. The van der Waals surface area contributed by atoms with Gasteiger partial charge in [0.25, 0.3) is 0 Å². The lowest BCUT2D eigenvalue weighted by molar-refractivity contribution is -0.143. The Morgan fingerprint density at radius 2 is 0.648 bits per heavy atom. The largest absolute Gasteiger partial charge is 0.466 e. The van der Waals surface area contributed by atoms with Crippen molar-refractivity contribution >= 4 is 11.9 Å². The van der Waals surface area contributed by atoms with Gasteiger partial charge in [-0.1, -0.05) is 334 Å². The lowest BCUT2D eigenvalue weighted by atomic mass is 10.0. The Morgan fingerprint density at radius 1 is 0.380 bits per heavy atom. The highest BCUT2D eigenvalue weighted by Gasteiger charge is 2.18. The predicted octanol–water partition coefficient (Wildman–Crippen LogP) is 20.4. The Balaban J connectivity index is 3.45. The second-order valence-corrected chi connectivity index (χ2v) is 22.5. The zero-order valence-corrected chi connectivity index (χ0v) is 48.2. The van der Waals surface area contributed by atoms with E-state index >= 15 is 0 Å². The first kappa shape index (κ1) is 69.6.